The molecular formula is C37H68FN6O16P2S2-3. The molecule has 2 rings (SSSR count). The van der Waals surface area contributed by atoms with E-state index in [0.717, 1.165) is 89.7 Å². The van der Waals surface area contributed by atoms with Gasteiger partial charge < -0.3 is 69.7 Å². The molecule has 0 saturated heterocycles. The third kappa shape index (κ3) is 43.1. The van der Waals surface area contributed by atoms with Gasteiger partial charge in [-0.2, -0.15) is 0 Å². The maximum absolute atomic E-state index is 11.8. The number of halogens is 1. The number of amides is 1. The number of aliphatic carboxylic acids is 1. The summed E-state index contributed by atoms with van der Waals surface area (Å²) in [7, 11) is -5.17. The van der Waals surface area contributed by atoms with Crippen LogP contribution < -0.4 is 36.0 Å². The molecule has 0 aliphatic carbocycles. The van der Waals surface area contributed by atoms with Crippen LogP contribution in [0, 0.1) is 0 Å². The van der Waals surface area contributed by atoms with Crippen molar-refractivity contribution in [3.8, 4) is 0 Å². The number of benzene rings is 2. The van der Waals surface area contributed by atoms with Crippen molar-refractivity contribution in [1.82, 2.24) is 16.0 Å². The Labute approximate surface area is 382 Å². The monoisotopic (exact) mass is 998 g/mol. The van der Waals surface area contributed by atoms with Gasteiger partial charge in [0.05, 0.1) is 26.8 Å². The van der Waals surface area contributed by atoms with Crippen molar-refractivity contribution in [2.24, 2.45) is 5.73 Å². The Morgan fingerprint density at radius 2 is 1.16 bits per heavy atom. The summed E-state index contributed by atoms with van der Waals surface area (Å²) in [6.07, 6.45) is 8.91. The van der Waals surface area contributed by atoms with E-state index in [-0.39, 0.29) is 25.5 Å². The molecule has 27 heteroatoms. The molecule has 4 unspecified atom stereocenters. The Kier molecular flexibility index (Phi) is 42.3. The Balaban J connectivity index is -0.000000932. The fourth-order valence-electron chi connectivity index (χ4n) is 4.74. The van der Waals surface area contributed by atoms with E-state index in [2.05, 4.69) is 39.0 Å². The number of carbonyl (C=O) groups excluding carboxylic acids is 1. The summed E-state index contributed by atoms with van der Waals surface area (Å²) in [6.45, 7) is 4.08. The van der Waals surface area contributed by atoms with Crippen LogP contribution in [-0.2, 0) is 72.2 Å². The number of phosphoric ester groups is 2. The number of nitrogens with two attached hydrogens (primary N) is 1. The van der Waals surface area contributed by atoms with Crippen LogP contribution >= 0.6 is 15.6 Å². The molecule has 2 aromatic rings. The van der Waals surface area contributed by atoms with E-state index >= 15 is 0 Å². The quantitative estimate of drug-likeness (QED) is 0.0289. The molecule has 0 saturated carbocycles. The zero-order valence-electron chi connectivity index (χ0n) is 37.6. The third-order valence-corrected chi connectivity index (χ3v) is 10.7. The van der Waals surface area contributed by atoms with E-state index in [9.17, 15) is 45.5 Å². The predicted octanol–water partition coefficient (Wildman–Crippen LogP) is 2.75. The molecule has 0 bridgehead atoms. The highest BCUT2D eigenvalue weighted by Gasteiger charge is 2.17. The molecule has 1 amide bonds. The normalized spacial score (nSPS) is 13.4. The van der Waals surface area contributed by atoms with E-state index < -0.39 is 44.1 Å². The van der Waals surface area contributed by atoms with Crippen molar-refractivity contribution < 1.29 is 80.5 Å². The molecule has 0 aliphatic heterocycles. The number of hydrogen-bond donors (Lipinski definition) is 8. The molecule has 11 N–H and O–H groups in total. The van der Waals surface area contributed by atoms with Gasteiger partial charge in [-0.3, -0.25) is 36.0 Å². The number of anilines is 2. The van der Waals surface area contributed by atoms with E-state index in [1.54, 1.807) is 24.3 Å². The molecule has 0 aromatic heterocycles. The second kappa shape index (κ2) is 42.8. The summed E-state index contributed by atoms with van der Waals surface area (Å²) in [4.78, 5) is 41.8. The molecule has 0 radical (unpaired) electrons. The third-order valence-electron chi connectivity index (χ3n) is 7.99. The minimum Gasteiger partial charge on any atom is -0.756 e. The van der Waals surface area contributed by atoms with E-state index in [1.807, 2.05) is 24.3 Å². The molecule has 0 heterocycles. The van der Waals surface area contributed by atoms with Gasteiger partial charge in [-0.15, -0.1) is 0 Å². The van der Waals surface area contributed by atoms with Gasteiger partial charge in [-0.1, -0.05) is 49.9 Å². The molecule has 0 spiro atoms. The van der Waals surface area contributed by atoms with Crippen molar-refractivity contribution in [1.29, 1.82) is 0 Å². The van der Waals surface area contributed by atoms with Crippen molar-refractivity contribution in [3.63, 3.8) is 0 Å². The summed E-state index contributed by atoms with van der Waals surface area (Å²) >= 11 is -4.63. The van der Waals surface area contributed by atoms with Gasteiger partial charge in [0.2, 0.25) is 7.34 Å². The number of hydrogen-bond acceptors (Lipinski definition) is 16. The molecule has 64 heavy (non-hydrogen) atoms. The summed E-state index contributed by atoms with van der Waals surface area (Å²) in [5.41, 5.74) is 14.7. The van der Waals surface area contributed by atoms with Crippen molar-refractivity contribution in [2.75, 3.05) is 83.3 Å². The van der Waals surface area contributed by atoms with E-state index in [0.29, 0.717) is 64.1 Å². The molecule has 4 atom stereocenters. The summed E-state index contributed by atoms with van der Waals surface area (Å²) < 4.78 is 100. The van der Waals surface area contributed by atoms with Gasteiger partial charge in [0.25, 0.3) is 7.82 Å². The van der Waals surface area contributed by atoms with E-state index in [1.165, 1.54) is 0 Å². The molecule has 22 nitrogen and oxygen atoms in total. The van der Waals surface area contributed by atoms with Gasteiger partial charge in [-0.05, 0) is 93.6 Å². The van der Waals surface area contributed by atoms with Crippen LogP contribution in [-0.4, -0.2) is 119 Å². The molecule has 2 aromatic carbocycles. The number of carboxylic acid groups (broad SMARTS) is 1. The lowest BCUT2D eigenvalue weighted by Crippen LogP contribution is -2.29. The van der Waals surface area contributed by atoms with E-state index in [4.69, 9.17) is 27.2 Å². The van der Waals surface area contributed by atoms with Crippen molar-refractivity contribution in [2.45, 2.75) is 77.0 Å². The lowest BCUT2D eigenvalue weighted by molar-refractivity contribution is -0.223. The van der Waals surface area contributed by atoms with Crippen LogP contribution in [0.25, 0.3) is 0 Å². The Morgan fingerprint density at radius 3 is 1.58 bits per heavy atom. The zero-order chi connectivity index (χ0) is 49.8. The highest BCUT2D eigenvalue weighted by Crippen LogP contribution is 2.42. The first-order valence-corrected chi connectivity index (χ1v) is 25.0. The summed E-state index contributed by atoms with van der Waals surface area (Å²) in [6, 6.07) is 14.1. The number of carboxylic acids is 1. The second-order valence-corrected chi connectivity index (χ2v) is 17.3. The number of rotatable bonds is 33. The highest BCUT2D eigenvalue weighted by atomic mass is 32.2. The van der Waals surface area contributed by atoms with Crippen LogP contribution in [0.1, 0.15) is 76.8 Å². The first-order chi connectivity index (χ1) is 31.0. The van der Waals surface area contributed by atoms with Crippen LogP contribution in [0.4, 0.5) is 15.8 Å². The Hall–Kier alpha value is -2.81. The topological polar surface area (TPSA) is 367 Å². The summed E-state index contributed by atoms with van der Waals surface area (Å²) in [5, 5.41) is 17.5. The second-order valence-electron chi connectivity index (χ2n) is 12.9. The van der Waals surface area contributed by atoms with Gasteiger partial charge in [0.1, 0.15) is 0 Å². The minimum atomic E-state index is -4.00. The Bertz CT molecular complexity index is 1620. The standard InChI is InChI=1S/C18H32N3O7PS.C11H16N2O4S.C7H18NO4P.CH3F.H2O/c1-27-29(23,24)28-15-5-3-2-4-12-20-18(22)11-14-19-13-10-16-6-8-17(9-7-16)21-30(25)26;14-11(15)6-8-12-7-5-9-1-3-10(4-2-9)13-18(16)17;1-11-13(9,10)12-7-5-3-2-4-6-8;1-2;/h6-9,19,21H,2-5,10-15H2,1H3,(H,20,22)(H,23,24)(H,25,26);1-4,12-13H,5-8H2,(H,14,15)(H,16,17);2-8H2,1H3,(H,9,10);1H3;1H2/p-3/i/hD. The maximum Gasteiger partial charge on any atom is 0.471 e. The minimum absolute atomic E-state index is 0.00631. The largest absolute Gasteiger partial charge is 0.756 e. The predicted molar refractivity (Wildman–Crippen MR) is 241 cm³/mol. The number of unbranched alkanes of at least 4 members (excludes halogenated alkanes) is 6. The Morgan fingerprint density at radius 1 is 0.719 bits per heavy atom. The lowest BCUT2D eigenvalue weighted by atomic mass is 10.1. The fraction of sp³-hybridized carbons (Fsp3) is 0.622. The van der Waals surface area contributed by atoms with Crippen LogP contribution in [0.3, 0.4) is 0 Å². The van der Waals surface area contributed by atoms with Crippen molar-refractivity contribution >= 4 is 61.4 Å². The number of alkyl halides is 1. The molecule has 374 valence electrons. The zero-order valence-corrected chi connectivity index (χ0v) is 40.0. The average Bonchev–Trinajstić information content (AvgIpc) is 3.28. The maximum atomic E-state index is 11.8. The van der Waals surface area contributed by atoms with Crippen molar-refractivity contribution in [3.05, 3.63) is 59.7 Å². The van der Waals surface area contributed by atoms with Gasteiger partial charge in [-0.25, -0.2) is 4.57 Å². The van der Waals surface area contributed by atoms with Gasteiger partial charge in [0, 0.05) is 74.2 Å². The van der Waals surface area contributed by atoms with Crippen LogP contribution in [0.2, 0.25) is 0 Å². The van der Waals surface area contributed by atoms with Gasteiger partial charge in [0.15, 0.2) is 0 Å². The number of carbonyl (C=O) groups is 2. The first kappa shape index (κ1) is 63.3. The molecule has 0 fully saturated rings. The highest BCUT2D eigenvalue weighted by molar-refractivity contribution is 7.80. The number of nitrogens with one attached hydrogen (secondary N) is 5. The van der Waals surface area contributed by atoms with Gasteiger partial charge >= 0.3 is 13.8 Å². The average molecular weight is 999 g/mol. The van der Waals surface area contributed by atoms with Crippen LogP contribution in [0.5, 0.6) is 0 Å². The smallest absolute Gasteiger partial charge is 0.471 e. The van der Waals surface area contributed by atoms with Crippen LogP contribution in [0.15, 0.2) is 48.5 Å². The molecule has 0 aliphatic rings. The molecular weight excluding hydrogens is 930 g/mol. The number of phosphoric acid groups is 2. The summed E-state index contributed by atoms with van der Waals surface area (Å²) in [5.74, 6) is -0.822. The fourth-order valence-corrected chi connectivity index (χ4v) is 6.32. The lowest BCUT2D eigenvalue weighted by Gasteiger charge is -2.19. The SMILES string of the molecule is CF.COP(=O)(O)OCCCCCCNC(=O)CCNCCc1ccc(NS(=O)[O-])cc1.COP(=O)([O-])OCCCCCCN.O=C(O)CCNCCc1ccc(NS(=O)[O-])cc1.[2H]O. The first-order valence-electron chi connectivity index (χ1n) is 20.4.